The van der Waals surface area contributed by atoms with E-state index in [9.17, 15) is 9.18 Å². The monoisotopic (exact) mass is 268 g/mol. The van der Waals surface area contributed by atoms with Crippen LogP contribution >= 0.6 is 11.6 Å². The molecule has 1 aliphatic heterocycles. The first kappa shape index (κ1) is 13.1. The molecule has 5 heteroatoms. The molecule has 0 aromatic heterocycles. The second-order valence-electron chi connectivity index (χ2n) is 4.23. The number of halogens is 2. The molecular weight excluding hydrogens is 255 g/mol. The van der Waals surface area contributed by atoms with Gasteiger partial charge in [0, 0.05) is 12.1 Å². The number of amides is 1. The van der Waals surface area contributed by atoms with Crippen LogP contribution in [0.15, 0.2) is 30.4 Å². The van der Waals surface area contributed by atoms with Gasteiger partial charge in [0.05, 0.1) is 5.02 Å². The number of hydrogen-bond acceptors (Lipinski definition) is 2. The second kappa shape index (κ2) is 5.50. The number of carbonyl (C=O) groups is 1. The lowest BCUT2D eigenvalue weighted by molar-refractivity contribution is -0.122. The van der Waals surface area contributed by atoms with E-state index in [1.165, 1.54) is 6.07 Å². The molecular formula is C13H14ClFN2O. The average Bonchev–Trinajstić information content (AvgIpc) is 2.77. The fraction of sp³-hybridized carbons (Fsp3) is 0.308. The molecule has 1 heterocycles. The maximum atomic E-state index is 13.6. The van der Waals surface area contributed by atoms with Crippen LogP contribution in [0, 0.1) is 5.82 Å². The van der Waals surface area contributed by atoms with Crippen LogP contribution in [-0.4, -0.2) is 18.5 Å². The summed E-state index contributed by atoms with van der Waals surface area (Å²) in [7, 11) is 0. The summed E-state index contributed by atoms with van der Waals surface area (Å²) < 4.78 is 13.6. The summed E-state index contributed by atoms with van der Waals surface area (Å²) in [6.45, 7) is 4.70. The van der Waals surface area contributed by atoms with Crippen LogP contribution in [0.2, 0.25) is 5.02 Å². The van der Waals surface area contributed by atoms with E-state index in [2.05, 4.69) is 17.2 Å². The summed E-state index contributed by atoms with van der Waals surface area (Å²) in [6, 6.07) is 4.35. The average molecular weight is 269 g/mol. The number of nitrogens with one attached hydrogen (secondary N) is 2. The molecule has 0 bridgehead atoms. The van der Waals surface area contributed by atoms with E-state index in [1.807, 2.05) is 0 Å². The highest BCUT2D eigenvalue weighted by atomic mass is 35.5. The minimum absolute atomic E-state index is 0.0603. The zero-order valence-electron chi connectivity index (χ0n) is 9.80. The molecule has 1 fully saturated rings. The molecule has 1 amide bonds. The van der Waals surface area contributed by atoms with E-state index in [0.29, 0.717) is 5.56 Å². The minimum atomic E-state index is -0.488. The quantitative estimate of drug-likeness (QED) is 0.824. The molecule has 0 aliphatic carbocycles. The summed E-state index contributed by atoms with van der Waals surface area (Å²) in [5.41, 5.74) is 1.23. The van der Waals surface area contributed by atoms with Gasteiger partial charge in [0.15, 0.2) is 0 Å². The van der Waals surface area contributed by atoms with Crippen molar-refractivity contribution in [3.8, 4) is 0 Å². The number of benzene rings is 1. The standard InChI is InChI=1S/C13H14ClFN2O/c1-8-5-6-16-12(8)13(18)17-7-9-3-2-4-10(14)11(9)15/h2-4,12,16H,1,5-7H2,(H,17,18)/t12-/m0/s1. The third kappa shape index (κ3) is 2.71. The Hall–Kier alpha value is -1.39. The van der Waals surface area contributed by atoms with Gasteiger partial charge in [-0.3, -0.25) is 4.79 Å². The van der Waals surface area contributed by atoms with Gasteiger partial charge in [0.2, 0.25) is 5.91 Å². The van der Waals surface area contributed by atoms with Crippen LogP contribution in [-0.2, 0) is 11.3 Å². The fourth-order valence-electron chi connectivity index (χ4n) is 1.91. The number of rotatable bonds is 3. The molecule has 0 unspecified atom stereocenters. The molecule has 2 N–H and O–H groups in total. The lowest BCUT2D eigenvalue weighted by atomic mass is 10.1. The highest BCUT2D eigenvalue weighted by Crippen LogP contribution is 2.18. The Bertz CT molecular complexity index is 490. The minimum Gasteiger partial charge on any atom is -0.350 e. The molecule has 1 aliphatic rings. The Balaban J connectivity index is 1.97. The summed E-state index contributed by atoms with van der Waals surface area (Å²) in [4.78, 5) is 11.8. The van der Waals surface area contributed by atoms with Crippen molar-refractivity contribution in [2.24, 2.45) is 0 Å². The highest BCUT2D eigenvalue weighted by Gasteiger charge is 2.25. The first-order valence-corrected chi connectivity index (χ1v) is 6.09. The summed E-state index contributed by atoms with van der Waals surface area (Å²) in [5, 5.41) is 5.78. The molecule has 96 valence electrons. The van der Waals surface area contributed by atoms with Crippen molar-refractivity contribution in [2.45, 2.75) is 19.0 Å². The van der Waals surface area contributed by atoms with Crippen LogP contribution in [0.25, 0.3) is 0 Å². The van der Waals surface area contributed by atoms with Crippen molar-refractivity contribution < 1.29 is 9.18 Å². The van der Waals surface area contributed by atoms with Gasteiger partial charge >= 0.3 is 0 Å². The van der Waals surface area contributed by atoms with Crippen molar-refractivity contribution in [1.82, 2.24) is 10.6 Å². The lowest BCUT2D eigenvalue weighted by Gasteiger charge is -2.13. The molecule has 0 saturated carbocycles. The maximum Gasteiger partial charge on any atom is 0.241 e. The molecule has 0 radical (unpaired) electrons. The van der Waals surface area contributed by atoms with Crippen LogP contribution in [0.5, 0.6) is 0 Å². The van der Waals surface area contributed by atoms with Crippen LogP contribution < -0.4 is 10.6 Å². The van der Waals surface area contributed by atoms with Crippen molar-refractivity contribution in [3.63, 3.8) is 0 Å². The van der Waals surface area contributed by atoms with E-state index < -0.39 is 5.82 Å². The summed E-state index contributed by atoms with van der Waals surface area (Å²) in [5.74, 6) is -0.672. The van der Waals surface area contributed by atoms with Crippen molar-refractivity contribution in [2.75, 3.05) is 6.54 Å². The topological polar surface area (TPSA) is 41.1 Å². The molecule has 0 spiro atoms. The van der Waals surface area contributed by atoms with Crippen LogP contribution in [0.4, 0.5) is 4.39 Å². The second-order valence-corrected chi connectivity index (χ2v) is 4.63. The van der Waals surface area contributed by atoms with Gasteiger partial charge < -0.3 is 10.6 Å². The Morgan fingerprint density at radius 1 is 1.61 bits per heavy atom. The third-order valence-corrected chi connectivity index (χ3v) is 3.24. The summed E-state index contributed by atoms with van der Waals surface area (Å²) >= 11 is 5.67. The van der Waals surface area contributed by atoms with E-state index >= 15 is 0 Å². The first-order valence-electron chi connectivity index (χ1n) is 5.71. The molecule has 1 aromatic carbocycles. The SMILES string of the molecule is C=C1CCN[C@@H]1C(=O)NCc1cccc(Cl)c1F. The predicted molar refractivity (Wildman–Crippen MR) is 68.8 cm³/mol. The van der Waals surface area contributed by atoms with Gasteiger partial charge in [-0.1, -0.05) is 30.3 Å². The van der Waals surface area contributed by atoms with Crippen molar-refractivity contribution >= 4 is 17.5 Å². The van der Waals surface area contributed by atoms with Crippen molar-refractivity contribution in [1.29, 1.82) is 0 Å². The zero-order chi connectivity index (χ0) is 13.1. The molecule has 2 rings (SSSR count). The van der Waals surface area contributed by atoms with E-state index in [4.69, 9.17) is 11.6 Å². The van der Waals surface area contributed by atoms with Gasteiger partial charge in [-0.2, -0.15) is 0 Å². The van der Waals surface area contributed by atoms with Gasteiger partial charge in [-0.05, 0) is 24.6 Å². The molecule has 1 aromatic rings. The van der Waals surface area contributed by atoms with Crippen LogP contribution in [0.1, 0.15) is 12.0 Å². The highest BCUT2D eigenvalue weighted by molar-refractivity contribution is 6.30. The fourth-order valence-corrected chi connectivity index (χ4v) is 2.11. The predicted octanol–water partition coefficient (Wildman–Crippen LogP) is 2.01. The van der Waals surface area contributed by atoms with Gasteiger partial charge in [0.1, 0.15) is 11.9 Å². The largest absolute Gasteiger partial charge is 0.350 e. The first-order chi connectivity index (χ1) is 8.59. The normalized spacial score (nSPS) is 19.0. The van der Waals surface area contributed by atoms with E-state index in [-0.39, 0.29) is 23.5 Å². The smallest absolute Gasteiger partial charge is 0.241 e. The Kier molecular flexibility index (Phi) is 3.99. The molecule has 3 nitrogen and oxygen atoms in total. The van der Waals surface area contributed by atoms with E-state index in [1.54, 1.807) is 12.1 Å². The third-order valence-electron chi connectivity index (χ3n) is 2.95. The zero-order valence-corrected chi connectivity index (χ0v) is 10.6. The van der Waals surface area contributed by atoms with Crippen molar-refractivity contribution in [3.05, 3.63) is 46.8 Å². The molecule has 18 heavy (non-hydrogen) atoms. The summed E-state index contributed by atoms with van der Waals surface area (Å²) in [6.07, 6.45) is 0.795. The van der Waals surface area contributed by atoms with Gasteiger partial charge in [-0.25, -0.2) is 4.39 Å². The Labute approximate surface area is 110 Å². The Morgan fingerprint density at radius 3 is 3.06 bits per heavy atom. The number of hydrogen-bond donors (Lipinski definition) is 2. The number of carbonyl (C=O) groups excluding carboxylic acids is 1. The van der Waals surface area contributed by atoms with E-state index in [0.717, 1.165) is 18.5 Å². The van der Waals surface area contributed by atoms with Crippen LogP contribution in [0.3, 0.4) is 0 Å². The lowest BCUT2D eigenvalue weighted by Crippen LogP contribution is -2.40. The molecule has 1 atom stereocenters. The maximum absolute atomic E-state index is 13.6. The van der Waals surface area contributed by atoms with Gasteiger partial charge in [-0.15, -0.1) is 0 Å². The van der Waals surface area contributed by atoms with Gasteiger partial charge in [0.25, 0.3) is 0 Å². The Morgan fingerprint density at radius 2 is 2.39 bits per heavy atom. The molecule has 1 saturated heterocycles.